The molecule has 16 heavy (non-hydrogen) atoms. The van der Waals surface area contributed by atoms with Crippen LogP contribution in [0.25, 0.3) is 0 Å². The van der Waals surface area contributed by atoms with Crippen molar-refractivity contribution in [2.24, 2.45) is 0 Å². The molecule has 0 aliphatic rings. The summed E-state index contributed by atoms with van der Waals surface area (Å²) in [6, 6.07) is 0. The maximum Gasteiger partial charge on any atom is 0.234 e. The van der Waals surface area contributed by atoms with E-state index in [9.17, 15) is 4.79 Å². The first-order valence-corrected chi connectivity index (χ1v) is 5.62. The maximum atomic E-state index is 10.9. The van der Waals surface area contributed by atoms with Crippen LogP contribution in [0.5, 0.6) is 0 Å². The molecule has 0 radical (unpaired) electrons. The zero-order chi connectivity index (χ0) is 12.2. The van der Waals surface area contributed by atoms with Gasteiger partial charge in [0.05, 0.1) is 0 Å². The first-order chi connectivity index (χ1) is 7.43. The average molecular weight is 246 g/mol. The fourth-order valence-electron chi connectivity index (χ4n) is 1.02. The van der Waals surface area contributed by atoms with Crippen molar-refractivity contribution in [3.05, 3.63) is 11.7 Å². The summed E-state index contributed by atoms with van der Waals surface area (Å²) in [7, 11) is 0. The van der Waals surface area contributed by atoms with E-state index in [1.54, 1.807) is 0 Å². The molecule has 1 amide bonds. The second-order valence-corrected chi connectivity index (χ2v) is 4.77. The van der Waals surface area contributed by atoms with Crippen molar-refractivity contribution in [2.75, 3.05) is 12.4 Å². The largest absolute Gasteiger partial charge is 0.355 e. The minimum Gasteiger partial charge on any atom is -0.355 e. The third kappa shape index (κ3) is 3.81. The highest BCUT2D eigenvalue weighted by atomic mass is 35.5. The van der Waals surface area contributed by atoms with E-state index in [-0.39, 0.29) is 17.2 Å². The Morgan fingerprint density at radius 2 is 2.19 bits per heavy atom. The Morgan fingerprint density at radius 1 is 1.50 bits per heavy atom. The molecule has 0 saturated carbocycles. The summed E-state index contributed by atoms with van der Waals surface area (Å²) in [5.41, 5.74) is -0.148. The summed E-state index contributed by atoms with van der Waals surface area (Å²) in [6.07, 6.45) is 0.544. The van der Waals surface area contributed by atoms with Gasteiger partial charge in [0.25, 0.3) is 0 Å². The first kappa shape index (κ1) is 13.0. The van der Waals surface area contributed by atoms with Crippen LogP contribution in [0.4, 0.5) is 0 Å². The lowest BCUT2D eigenvalue weighted by molar-refractivity contribution is -0.118. The molecule has 5 nitrogen and oxygen atoms in total. The van der Waals surface area contributed by atoms with Crippen LogP contribution in [-0.4, -0.2) is 28.5 Å². The van der Waals surface area contributed by atoms with Gasteiger partial charge in [-0.2, -0.15) is 4.98 Å². The Labute approximate surface area is 99.6 Å². The normalized spacial score (nSPS) is 11.5. The maximum absolute atomic E-state index is 10.9. The van der Waals surface area contributed by atoms with Gasteiger partial charge < -0.3 is 9.84 Å². The fraction of sp³-hybridized carbons (Fsp3) is 0.700. The van der Waals surface area contributed by atoms with Crippen LogP contribution in [-0.2, 0) is 16.6 Å². The molecule has 0 fully saturated rings. The second kappa shape index (κ2) is 5.30. The van der Waals surface area contributed by atoms with Crippen molar-refractivity contribution >= 4 is 17.5 Å². The smallest absolute Gasteiger partial charge is 0.234 e. The van der Waals surface area contributed by atoms with E-state index in [1.807, 2.05) is 20.8 Å². The summed E-state index contributed by atoms with van der Waals surface area (Å²) < 4.78 is 5.11. The van der Waals surface area contributed by atoms with Crippen molar-refractivity contribution in [1.29, 1.82) is 0 Å². The zero-order valence-corrected chi connectivity index (χ0v) is 10.5. The third-order valence-electron chi connectivity index (χ3n) is 1.90. The summed E-state index contributed by atoms with van der Waals surface area (Å²) in [5, 5.41) is 6.47. The van der Waals surface area contributed by atoms with Crippen molar-refractivity contribution in [3.8, 4) is 0 Å². The van der Waals surface area contributed by atoms with Crippen LogP contribution in [0.1, 0.15) is 32.5 Å². The molecule has 0 aliphatic carbocycles. The average Bonchev–Trinajstić information content (AvgIpc) is 2.65. The van der Waals surface area contributed by atoms with E-state index < -0.39 is 0 Å². The third-order valence-corrected chi connectivity index (χ3v) is 2.14. The van der Waals surface area contributed by atoms with Gasteiger partial charge in [-0.1, -0.05) is 25.9 Å². The van der Waals surface area contributed by atoms with Crippen molar-refractivity contribution in [1.82, 2.24) is 15.5 Å². The van der Waals surface area contributed by atoms with Crippen molar-refractivity contribution < 1.29 is 9.32 Å². The molecule has 1 rings (SSSR count). The molecule has 90 valence electrons. The summed E-state index contributed by atoms with van der Waals surface area (Å²) in [4.78, 5) is 15.1. The van der Waals surface area contributed by atoms with E-state index in [1.165, 1.54) is 0 Å². The molecule has 0 atom stereocenters. The lowest BCUT2D eigenvalue weighted by Gasteiger charge is -2.10. The Hall–Kier alpha value is -1.10. The highest BCUT2D eigenvalue weighted by Crippen LogP contribution is 2.19. The summed E-state index contributed by atoms with van der Waals surface area (Å²) >= 11 is 5.34. The van der Waals surface area contributed by atoms with Crippen LogP contribution < -0.4 is 5.32 Å². The number of halogens is 1. The van der Waals surface area contributed by atoms with Gasteiger partial charge in [0, 0.05) is 18.4 Å². The number of hydrogen-bond donors (Lipinski definition) is 1. The molecular weight excluding hydrogens is 230 g/mol. The van der Waals surface area contributed by atoms with E-state index in [4.69, 9.17) is 16.1 Å². The minimum atomic E-state index is -0.193. The summed E-state index contributed by atoms with van der Waals surface area (Å²) in [6.45, 7) is 6.47. The molecule has 6 heteroatoms. The van der Waals surface area contributed by atoms with Crippen LogP contribution >= 0.6 is 11.6 Å². The topological polar surface area (TPSA) is 68.0 Å². The van der Waals surface area contributed by atoms with Gasteiger partial charge >= 0.3 is 0 Å². The van der Waals surface area contributed by atoms with Gasteiger partial charge in [0.1, 0.15) is 5.88 Å². The zero-order valence-electron chi connectivity index (χ0n) is 9.71. The molecule has 1 aromatic heterocycles. The molecular formula is C10H16ClN3O2. The quantitative estimate of drug-likeness (QED) is 0.811. The van der Waals surface area contributed by atoms with Gasteiger partial charge in [-0.15, -0.1) is 11.6 Å². The van der Waals surface area contributed by atoms with Gasteiger partial charge in [-0.05, 0) is 0 Å². The predicted octanol–water partition coefficient (Wildman–Crippen LogP) is 1.26. The van der Waals surface area contributed by atoms with Gasteiger partial charge in [-0.25, -0.2) is 0 Å². The number of nitrogens with zero attached hydrogens (tertiary/aromatic N) is 2. The van der Waals surface area contributed by atoms with Crippen LogP contribution in [0.2, 0.25) is 0 Å². The Kier molecular flexibility index (Phi) is 4.29. The number of aromatic nitrogens is 2. The van der Waals surface area contributed by atoms with E-state index >= 15 is 0 Å². The Balaban J connectivity index is 2.44. The number of nitrogens with one attached hydrogen (secondary N) is 1. The number of hydrogen-bond acceptors (Lipinski definition) is 4. The number of alkyl halides is 1. The highest BCUT2D eigenvalue weighted by molar-refractivity contribution is 6.27. The van der Waals surface area contributed by atoms with Crippen LogP contribution in [0.15, 0.2) is 4.52 Å². The van der Waals surface area contributed by atoms with Crippen LogP contribution in [0.3, 0.4) is 0 Å². The molecule has 0 saturated heterocycles. The monoisotopic (exact) mass is 245 g/mol. The number of amides is 1. The highest BCUT2D eigenvalue weighted by Gasteiger charge is 2.21. The molecule has 1 N–H and O–H groups in total. The van der Waals surface area contributed by atoms with Crippen molar-refractivity contribution in [3.63, 3.8) is 0 Å². The molecule has 0 bridgehead atoms. The molecule has 1 heterocycles. The molecule has 0 spiro atoms. The molecule has 0 aliphatic heterocycles. The van der Waals surface area contributed by atoms with Gasteiger partial charge in [0.15, 0.2) is 5.82 Å². The van der Waals surface area contributed by atoms with Crippen molar-refractivity contribution in [2.45, 2.75) is 32.6 Å². The standard InChI is InChI=1S/C10H16ClN3O2/c1-10(2,3)9-13-7(14-16-9)4-5-12-8(15)6-11/h4-6H2,1-3H3,(H,12,15). The Morgan fingerprint density at radius 3 is 2.69 bits per heavy atom. The number of rotatable bonds is 4. The molecule has 1 aromatic rings. The Bertz CT molecular complexity index is 357. The first-order valence-electron chi connectivity index (χ1n) is 5.09. The van der Waals surface area contributed by atoms with E-state index in [2.05, 4.69) is 15.5 Å². The van der Waals surface area contributed by atoms with Gasteiger partial charge in [0.2, 0.25) is 11.8 Å². The van der Waals surface area contributed by atoms with E-state index in [0.717, 1.165) is 0 Å². The second-order valence-electron chi connectivity index (χ2n) is 4.50. The lowest BCUT2D eigenvalue weighted by Crippen LogP contribution is -2.26. The minimum absolute atomic E-state index is 0.0283. The molecule has 0 unspecified atom stereocenters. The number of carbonyl (C=O) groups excluding carboxylic acids is 1. The number of carbonyl (C=O) groups is 1. The van der Waals surface area contributed by atoms with Crippen LogP contribution in [0, 0.1) is 0 Å². The summed E-state index contributed by atoms with van der Waals surface area (Å²) in [5.74, 6) is 0.978. The van der Waals surface area contributed by atoms with E-state index in [0.29, 0.717) is 24.7 Å². The van der Waals surface area contributed by atoms with Gasteiger partial charge in [-0.3, -0.25) is 4.79 Å². The fourth-order valence-corrected chi connectivity index (χ4v) is 1.12. The SMILES string of the molecule is CC(C)(C)c1nc(CCNC(=O)CCl)no1. The predicted molar refractivity (Wildman–Crippen MR) is 60.4 cm³/mol. The lowest BCUT2D eigenvalue weighted by atomic mass is 9.97. The molecule has 0 aromatic carbocycles.